The fourth-order valence-electron chi connectivity index (χ4n) is 3.33. The summed E-state index contributed by atoms with van der Waals surface area (Å²) in [6.07, 6.45) is 2.09. The minimum atomic E-state index is -0.730. The summed E-state index contributed by atoms with van der Waals surface area (Å²) in [5.41, 5.74) is 9.07. The molecule has 2 rings (SSSR count). The molecule has 0 unspecified atom stereocenters. The normalized spacial score (nSPS) is 15.9. The molecular weight excluding hydrogens is 288 g/mol. The standard InChI is InChI=1S/C19H30N2O2/c1-13(2)11-21(12-14(3)4)17-6-5-15(9-16(17)20)19(7-8-19)10-18(22)23/h5-6,9,13-14H,7-8,10-12,20H2,1-4H3,(H,22,23). The molecule has 1 fully saturated rings. The van der Waals surface area contributed by atoms with Gasteiger partial charge in [-0.1, -0.05) is 33.8 Å². The molecular formula is C19H30N2O2. The van der Waals surface area contributed by atoms with Crippen LogP contribution in [0.1, 0.15) is 52.5 Å². The molecule has 1 aliphatic carbocycles. The molecule has 3 N–H and O–H groups in total. The molecule has 0 atom stereocenters. The van der Waals surface area contributed by atoms with Gasteiger partial charge in [0.05, 0.1) is 17.8 Å². The number of rotatable bonds is 8. The number of hydrogen-bond acceptors (Lipinski definition) is 3. The molecule has 0 heterocycles. The molecule has 1 saturated carbocycles. The lowest BCUT2D eigenvalue weighted by Gasteiger charge is -2.30. The van der Waals surface area contributed by atoms with Gasteiger partial charge in [0, 0.05) is 18.5 Å². The van der Waals surface area contributed by atoms with Crippen molar-refractivity contribution in [3.05, 3.63) is 23.8 Å². The molecule has 0 saturated heterocycles. The van der Waals surface area contributed by atoms with E-state index in [1.54, 1.807) is 0 Å². The summed E-state index contributed by atoms with van der Waals surface area (Å²) in [6.45, 7) is 10.8. The van der Waals surface area contributed by atoms with Crippen LogP contribution in [0, 0.1) is 11.8 Å². The molecule has 23 heavy (non-hydrogen) atoms. The van der Waals surface area contributed by atoms with Crippen LogP contribution >= 0.6 is 0 Å². The Morgan fingerprint density at radius 2 is 1.78 bits per heavy atom. The highest BCUT2D eigenvalue weighted by molar-refractivity contribution is 5.73. The Balaban J connectivity index is 2.25. The molecule has 0 aliphatic heterocycles. The van der Waals surface area contributed by atoms with E-state index < -0.39 is 5.97 Å². The number of aliphatic carboxylic acids is 1. The van der Waals surface area contributed by atoms with E-state index in [0.717, 1.165) is 42.9 Å². The molecule has 4 heteroatoms. The molecule has 1 aliphatic rings. The zero-order valence-electron chi connectivity index (χ0n) is 14.8. The van der Waals surface area contributed by atoms with Gasteiger partial charge in [0.25, 0.3) is 0 Å². The average Bonchev–Trinajstić information content (AvgIpc) is 3.16. The predicted octanol–water partition coefficient (Wildman–Crippen LogP) is 3.89. The third-order valence-corrected chi connectivity index (χ3v) is 4.49. The zero-order valence-corrected chi connectivity index (χ0v) is 14.8. The van der Waals surface area contributed by atoms with E-state index in [0.29, 0.717) is 11.8 Å². The Morgan fingerprint density at radius 1 is 1.22 bits per heavy atom. The SMILES string of the molecule is CC(C)CN(CC(C)C)c1ccc(C2(CC(=O)O)CC2)cc1N. The maximum Gasteiger partial charge on any atom is 0.304 e. The first-order chi connectivity index (χ1) is 10.7. The van der Waals surface area contributed by atoms with E-state index in [-0.39, 0.29) is 11.8 Å². The minimum absolute atomic E-state index is 0.181. The second-order valence-electron chi connectivity index (χ2n) is 7.82. The van der Waals surface area contributed by atoms with Crippen LogP contribution in [0.4, 0.5) is 11.4 Å². The van der Waals surface area contributed by atoms with Crippen molar-refractivity contribution in [1.82, 2.24) is 0 Å². The molecule has 0 spiro atoms. The summed E-state index contributed by atoms with van der Waals surface area (Å²) < 4.78 is 0. The maximum absolute atomic E-state index is 11.1. The number of anilines is 2. The van der Waals surface area contributed by atoms with E-state index in [4.69, 9.17) is 10.8 Å². The first-order valence-electron chi connectivity index (χ1n) is 8.60. The zero-order chi connectivity index (χ0) is 17.2. The van der Waals surface area contributed by atoms with Crippen molar-refractivity contribution in [1.29, 1.82) is 0 Å². The third kappa shape index (κ3) is 4.40. The first kappa shape index (κ1) is 17.6. The highest BCUT2D eigenvalue weighted by Gasteiger charge is 2.46. The highest BCUT2D eigenvalue weighted by atomic mass is 16.4. The van der Waals surface area contributed by atoms with Gasteiger partial charge in [0.1, 0.15) is 0 Å². The van der Waals surface area contributed by atoms with Crippen LogP contribution in [-0.4, -0.2) is 24.2 Å². The third-order valence-electron chi connectivity index (χ3n) is 4.49. The quantitative estimate of drug-likeness (QED) is 0.714. The van der Waals surface area contributed by atoms with Gasteiger partial charge in [-0.25, -0.2) is 0 Å². The Hall–Kier alpha value is -1.71. The van der Waals surface area contributed by atoms with Crippen molar-refractivity contribution in [2.75, 3.05) is 23.7 Å². The van der Waals surface area contributed by atoms with Crippen LogP contribution in [0.3, 0.4) is 0 Å². The van der Waals surface area contributed by atoms with E-state index in [9.17, 15) is 4.79 Å². The van der Waals surface area contributed by atoms with E-state index in [1.165, 1.54) is 0 Å². The number of carbonyl (C=O) groups is 1. The molecule has 0 radical (unpaired) electrons. The van der Waals surface area contributed by atoms with Crippen LogP contribution in [0.15, 0.2) is 18.2 Å². The van der Waals surface area contributed by atoms with Gasteiger partial charge in [0.2, 0.25) is 0 Å². The van der Waals surface area contributed by atoms with E-state index in [2.05, 4.69) is 44.7 Å². The summed E-state index contributed by atoms with van der Waals surface area (Å²) in [7, 11) is 0. The van der Waals surface area contributed by atoms with Crippen molar-refractivity contribution >= 4 is 17.3 Å². The van der Waals surface area contributed by atoms with Crippen molar-refractivity contribution < 1.29 is 9.90 Å². The van der Waals surface area contributed by atoms with E-state index >= 15 is 0 Å². The summed E-state index contributed by atoms with van der Waals surface area (Å²) in [5.74, 6) is 0.399. The first-order valence-corrected chi connectivity index (χ1v) is 8.60. The topological polar surface area (TPSA) is 66.6 Å². The second-order valence-corrected chi connectivity index (χ2v) is 7.82. The Bertz CT molecular complexity index is 552. The Labute approximate surface area is 139 Å². The number of carboxylic acids is 1. The van der Waals surface area contributed by atoms with Gasteiger partial charge >= 0.3 is 5.97 Å². The van der Waals surface area contributed by atoms with Gasteiger partial charge in [-0.2, -0.15) is 0 Å². The maximum atomic E-state index is 11.1. The lowest BCUT2D eigenvalue weighted by molar-refractivity contribution is -0.137. The number of carboxylic acid groups (broad SMARTS) is 1. The van der Waals surface area contributed by atoms with Crippen LogP contribution in [0.25, 0.3) is 0 Å². The molecule has 0 bridgehead atoms. The van der Waals surface area contributed by atoms with Crippen LogP contribution in [0.5, 0.6) is 0 Å². The number of hydrogen-bond donors (Lipinski definition) is 2. The van der Waals surface area contributed by atoms with Crippen molar-refractivity contribution in [3.63, 3.8) is 0 Å². The summed E-state index contributed by atoms with van der Waals surface area (Å²) >= 11 is 0. The lowest BCUT2D eigenvalue weighted by atomic mass is 9.91. The number of benzene rings is 1. The average molecular weight is 318 g/mol. The van der Waals surface area contributed by atoms with Crippen molar-refractivity contribution in [2.45, 2.75) is 52.4 Å². The van der Waals surface area contributed by atoms with Crippen LogP contribution in [-0.2, 0) is 10.2 Å². The fraction of sp³-hybridized carbons (Fsp3) is 0.632. The molecule has 128 valence electrons. The fourth-order valence-corrected chi connectivity index (χ4v) is 3.33. The number of nitrogens with zero attached hydrogens (tertiary/aromatic N) is 1. The minimum Gasteiger partial charge on any atom is -0.481 e. The molecule has 1 aromatic rings. The highest BCUT2D eigenvalue weighted by Crippen LogP contribution is 2.52. The summed E-state index contributed by atoms with van der Waals surface area (Å²) in [5, 5.41) is 9.12. The van der Waals surface area contributed by atoms with E-state index in [1.807, 2.05) is 6.07 Å². The number of nitrogens with two attached hydrogens (primary N) is 1. The van der Waals surface area contributed by atoms with Crippen LogP contribution in [0.2, 0.25) is 0 Å². The summed E-state index contributed by atoms with van der Waals surface area (Å²) in [4.78, 5) is 13.4. The predicted molar refractivity (Wildman–Crippen MR) is 95.9 cm³/mol. The van der Waals surface area contributed by atoms with Crippen molar-refractivity contribution in [3.8, 4) is 0 Å². The Kier molecular flexibility index (Phi) is 5.23. The van der Waals surface area contributed by atoms with Gasteiger partial charge < -0.3 is 15.7 Å². The van der Waals surface area contributed by atoms with Gasteiger partial charge in [0.15, 0.2) is 0 Å². The lowest BCUT2D eigenvalue weighted by Crippen LogP contribution is -2.32. The Morgan fingerprint density at radius 3 is 2.17 bits per heavy atom. The molecule has 1 aromatic carbocycles. The van der Waals surface area contributed by atoms with Gasteiger partial charge in [-0.3, -0.25) is 4.79 Å². The largest absolute Gasteiger partial charge is 0.481 e. The van der Waals surface area contributed by atoms with Gasteiger partial charge in [-0.05, 0) is 42.4 Å². The van der Waals surface area contributed by atoms with Crippen molar-refractivity contribution in [2.24, 2.45) is 11.8 Å². The monoisotopic (exact) mass is 318 g/mol. The smallest absolute Gasteiger partial charge is 0.304 e. The van der Waals surface area contributed by atoms with Crippen LogP contribution < -0.4 is 10.6 Å². The molecule has 0 amide bonds. The molecule has 0 aromatic heterocycles. The summed E-state index contributed by atoms with van der Waals surface area (Å²) in [6, 6.07) is 6.16. The van der Waals surface area contributed by atoms with Gasteiger partial charge in [-0.15, -0.1) is 0 Å². The molecule has 4 nitrogen and oxygen atoms in total. The second kappa shape index (κ2) is 6.81. The number of nitrogen functional groups attached to an aromatic ring is 1.